The van der Waals surface area contributed by atoms with Crippen LogP contribution in [0.4, 0.5) is 5.69 Å². The molecule has 2 aliphatic heterocycles. The Labute approximate surface area is 176 Å². The molecule has 158 valence electrons. The first-order valence-electron chi connectivity index (χ1n) is 9.57. The van der Waals surface area contributed by atoms with E-state index in [1.54, 1.807) is 23.5 Å². The molecule has 2 bridgehead atoms. The molecule has 8 nitrogen and oxygen atoms in total. The lowest BCUT2D eigenvalue weighted by Crippen LogP contribution is -2.37. The van der Waals surface area contributed by atoms with E-state index in [-0.39, 0.29) is 10.6 Å². The fourth-order valence-corrected chi connectivity index (χ4v) is 5.21. The second kappa shape index (κ2) is 9.19. The molecular formula is C21H22N2O6S. The van der Waals surface area contributed by atoms with E-state index < -0.39 is 11.9 Å². The molecule has 0 amide bonds. The molecule has 1 aromatic carbocycles. The van der Waals surface area contributed by atoms with Gasteiger partial charge < -0.3 is 10.2 Å². The van der Waals surface area contributed by atoms with Gasteiger partial charge in [-0.25, -0.2) is 9.59 Å². The monoisotopic (exact) mass is 430 g/mol. The Morgan fingerprint density at radius 2 is 1.97 bits per heavy atom. The molecule has 1 fully saturated rings. The molecule has 0 spiro atoms. The van der Waals surface area contributed by atoms with Crippen LogP contribution in [0, 0.1) is 10.1 Å². The highest BCUT2D eigenvalue weighted by Gasteiger charge is 2.36. The minimum atomic E-state index is -1.26. The molecule has 0 aliphatic carbocycles. The van der Waals surface area contributed by atoms with E-state index in [0.29, 0.717) is 24.2 Å². The van der Waals surface area contributed by atoms with Gasteiger partial charge >= 0.3 is 11.9 Å². The number of carboxylic acid groups (broad SMARTS) is 2. The maximum Gasteiger partial charge on any atom is 0.328 e. The van der Waals surface area contributed by atoms with E-state index in [1.807, 2.05) is 6.07 Å². The number of non-ortho nitro benzene ring substituents is 1. The first kappa shape index (κ1) is 21.7. The zero-order valence-corrected chi connectivity index (χ0v) is 17.2. The molecule has 2 unspecified atom stereocenters. The number of nitrogens with zero attached hydrogens (tertiary/aromatic N) is 2. The summed E-state index contributed by atoms with van der Waals surface area (Å²) in [7, 11) is 0. The maximum absolute atomic E-state index is 11.4. The quantitative estimate of drug-likeness (QED) is 0.415. The molecule has 2 atom stereocenters. The second-order valence-electron chi connectivity index (χ2n) is 7.09. The predicted molar refractivity (Wildman–Crippen MR) is 115 cm³/mol. The van der Waals surface area contributed by atoms with Crippen LogP contribution in [-0.2, 0) is 9.59 Å². The zero-order chi connectivity index (χ0) is 21.8. The second-order valence-corrected chi connectivity index (χ2v) is 8.00. The lowest BCUT2D eigenvalue weighted by Gasteiger charge is -2.32. The summed E-state index contributed by atoms with van der Waals surface area (Å²) in [6.07, 6.45) is 6.94. The summed E-state index contributed by atoms with van der Waals surface area (Å²) in [5.74, 6) is -2.51. The summed E-state index contributed by atoms with van der Waals surface area (Å²) in [4.78, 5) is 32.8. The van der Waals surface area contributed by atoms with Crippen LogP contribution in [0.1, 0.15) is 31.7 Å². The SMILES string of the molecule is CCN1C2C=C(c3csc4cccc([N+](=O)[O-])c34)CC1CC2.O=C(O)C=CC(=O)O. The number of fused-ring (bicyclic) bond motifs is 3. The molecule has 2 N–H and O–H groups in total. The topological polar surface area (TPSA) is 121 Å². The van der Waals surface area contributed by atoms with E-state index in [2.05, 4.69) is 23.3 Å². The first-order valence-corrected chi connectivity index (χ1v) is 10.4. The number of thiophene rings is 1. The molecule has 3 heterocycles. The van der Waals surface area contributed by atoms with Crippen molar-refractivity contribution in [2.75, 3.05) is 6.54 Å². The molecule has 30 heavy (non-hydrogen) atoms. The Balaban J connectivity index is 0.000000275. The van der Waals surface area contributed by atoms with Crippen molar-refractivity contribution in [1.29, 1.82) is 0 Å². The average molecular weight is 430 g/mol. The molecule has 0 radical (unpaired) electrons. The van der Waals surface area contributed by atoms with Crippen LogP contribution < -0.4 is 0 Å². The van der Waals surface area contributed by atoms with Crippen molar-refractivity contribution < 1.29 is 24.7 Å². The third-order valence-electron chi connectivity index (χ3n) is 5.39. The zero-order valence-electron chi connectivity index (χ0n) is 16.4. The van der Waals surface area contributed by atoms with Gasteiger partial charge in [-0.05, 0) is 42.8 Å². The fourth-order valence-electron chi connectivity index (χ4n) is 4.21. The molecular weight excluding hydrogens is 408 g/mol. The van der Waals surface area contributed by atoms with Gasteiger partial charge in [-0.2, -0.15) is 0 Å². The highest BCUT2D eigenvalue weighted by Crippen LogP contribution is 2.43. The van der Waals surface area contributed by atoms with Gasteiger partial charge in [0, 0.05) is 40.6 Å². The van der Waals surface area contributed by atoms with Crippen LogP contribution in [0.2, 0.25) is 0 Å². The van der Waals surface area contributed by atoms with E-state index in [1.165, 1.54) is 18.4 Å². The van der Waals surface area contributed by atoms with Gasteiger partial charge in [-0.3, -0.25) is 15.0 Å². The predicted octanol–water partition coefficient (Wildman–Crippen LogP) is 4.16. The van der Waals surface area contributed by atoms with Gasteiger partial charge in [0.25, 0.3) is 5.69 Å². The fraction of sp³-hybridized carbons (Fsp3) is 0.333. The van der Waals surface area contributed by atoms with Crippen molar-refractivity contribution in [2.45, 2.75) is 38.3 Å². The Hall–Kier alpha value is -3.04. The van der Waals surface area contributed by atoms with Gasteiger partial charge in [0.2, 0.25) is 0 Å². The van der Waals surface area contributed by atoms with E-state index in [9.17, 15) is 19.7 Å². The highest BCUT2D eigenvalue weighted by atomic mass is 32.1. The maximum atomic E-state index is 11.4. The van der Waals surface area contributed by atoms with Crippen LogP contribution >= 0.6 is 11.3 Å². The van der Waals surface area contributed by atoms with E-state index in [0.717, 1.165) is 28.6 Å². The molecule has 2 aromatic rings. The number of aliphatic carboxylic acids is 2. The molecule has 1 aromatic heterocycles. The number of carbonyl (C=O) groups is 2. The van der Waals surface area contributed by atoms with Crippen LogP contribution in [0.15, 0.2) is 41.8 Å². The van der Waals surface area contributed by atoms with Gasteiger partial charge in [0.15, 0.2) is 0 Å². The minimum Gasteiger partial charge on any atom is -0.478 e. The number of hydrogen-bond acceptors (Lipinski definition) is 6. The number of carboxylic acids is 2. The number of likely N-dealkylation sites (N-methyl/N-ethyl adjacent to an activating group) is 1. The van der Waals surface area contributed by atoms with Crippen molar-refractivity contribution >= 4 is 44.6 Å². The molecule has 1 saturated heterocycles. The number of rotatable bonds is 5. The van der Waals surface area contributed by atoms with Crippen LogP contribution in [0.3, 0.4) is 0 Å². The van der Waals surface area contributed by atoms with Gasteiger partial charge in [-0.15, -0.1) is 11.3 Å². The van der Waals surface area contributed by atoms with E-state index >= 15 is 0 Å². The molecule has 9 heteroatoms. The highest BCUT2D eigenvalue weighted by molar-refractivity contribution is 7.17. The summed E-state index contributed by atoms with van der Waals surface area (Å²) < 4.78 is 1.01. The summed E-state index contributed by atoms with van der Waals surface area (Å²) in [6.45, 7) is 3.30. The normalized spacial score (nSPS) is 20.6. The lowest BCUT2D eigenvalue weighted by molar-refractivity contribution is -0.383. The lowest BCUT2D eigenvalue weighted by atomic mass is 9.94. The van der Waals surface area contributed by atoms with Crippen LogP contribution in [0.5, 0.6) is 0 Å². The van der Waals surface area contributed by atoms with Crippen molar-refractivity contribution in [2.24, 2.45) is 0 Å². The Kier molecular flexibility index (Phi) is 6.63. The molecule has 4 rings (SSSR count). The van der Waals surface area contributed by atoms with E-state index in [4.69, 9.17) is 10.2 Å². The molecule has 2 aliphatic rings. The summed E-state index contributed by atoms with van der Waals surface area (Å²) in [5.41, 5.74) is 2.62. The number of nitro groups is 1. The number of benzene rings is 1. The Bertz CT molecular complexity index is 1030. The first-order chi connectivity index (χ1) is 14.3. The standard InChI is InChI=1S/C17H18N2O2S.C4H4O4/c1-2-18-12-6-7-13(18)9-11(8-12)14-10-22-16-5-3-4-15(17(14)16)19(20)21;5-3(6)1-2-4(7)8/h3-5,8,10,12-13H,2,6-7,9H2,1H3;1-2H,(H,5,6)(H,7,8). The third kappa shape index (κ3) is 4.58. The number of nitro benzene ring substituents is 1. The van der Waals surface area contributed by atoms with Crippen molar-refractivity contribution in [3.63, 3.8) is 0 Å². The van der Waals surface area contributed by atoms with Crippen LogP contribution in [0.25, 0.3) is 15.7 Å². The third-order valence-corrected chi connectivity index (χ3v) is 6.34. The van der Waals surface area contributed by atoms with Crippen molar-refractivity contribution in [1.82, 2.24) is 4.90 Å². The minimum absolute atomic E-state index is 0.236. The number of hydrogen-bond donors (Lipinski definition) is 2. The van der Waals surface area contributed by atoms with Crippen LogP contribution in [-0.4, -0.2) is 50.6 Å². The summed E-state index contributed by atoms with van der Waals surface area (Å²) in [5, 5.41) is 29.9. The van der Waals surface area contributed by atoms with Crippen molar-refractivity contribution in [3.8, 4) is 0 Å². The van der Waals surface area contributed by atoms with Crippen molar-refractivity contribution in [3.05, 3.63) is 57.5 Å². The summed E-state index contributed by atoms with van der Waals surface area (Å²) in [6, 6.07) is 6.49. The summed E-state index contributed by atoms with van der Waals surface area (Å²) >= 11 is 1.61. The molecule has 0 saturated carbocycles. The average Bonchev–Trinajstić information content (AvgIpc) is 3.24. The van der Waals surface area contributed by atoms with Gasteiger partial charge in [0.05, 0.1) is 10.3 Å². The Morgan fingerprint density at radius 3 is 2.53 bits per heavy atom. The van der Waals surface area contributed by atoms with Gasteiger partial charge in [0.1, 0.15) is 0 Å². The Morgan fingerprint density at radius 1 is 1.27 bits per heavy atom. The smallest absolute Gasteiger partial charge is 0.328 e. The largest absolute Gasteiger partial charge is 0.478 e. The van der Waals surface area contributed by atoms with Gasteiger partial charge in [-0.1, -0.05) is 19.1 Å².